The zero-order valence-electron chi connectivity index (χ0n) is 31.4. The maximum absolute atomic E-state index is 12.7. The van der Waals surface area contributed by atoms with Gasteiger partial charge in [-0.1, -0.05) is 6.92 Å². The Morgan fingerprint density at radius 3 is 2.52 bits per heavy atom. The van der Waals surface area contributed by atoms with Crippen molar-refractivity contribution in [3.63, 3.8) is 0 Å². The number of nitrogens with zero attached hydrogens (tertiary/aromatic N) is 6. The topological polar surface area (TPSA) is 159 Å². The van der Waals surface area contributed by atoms with Crippen molar-refractivity contribution in [1.29, 1.82) is 0 Å². The second-order valence-corrected chi connectivity index (χ2v) is 13.7. The quantitative estimate of drug-likeness (QED) is 0.170. The number of amides is 1. The van der Waals surface area contributed by atoms with Crippen LogP contribution in [0.25, 0.3) is 5.69 Å². The van der Waals surface area contributed by atoms with Gasteiger partial charge in [-0.05, 0) is 107 Å². The van der Waals surface area contributed by atoms with Crippen LogP contribution in [0.15, 0.2) is 36.4 Å². The third kappa shape index (κ3) is 11.0. The highest BCUT2D eigenvalue weighted by Crippen LogP contribution is 2.32. The number of nitrogens with two attached hydrogens (primary N) is 1. The molecule has 0 radical (unpaired) electrons. The largest absolute Gasteiger partial charge is 0.483 e. The van der Waals surface area contributed by atoms with Gasteiger partial charge >= 0.3 is 0 Å². The molecule has 3 aromatic rings. The lowest BCUT2D eigenvalue weighted by Crippen LogP contribution is -2.48. The molecule has 52 heavy (non-hydrogen) atoms. The Kier molecular flexibility index (Phi) is 15.9. The first-order valence-electron chi connectivity index (χ1n) is 18.7. The van der Waals surface area contributed by atoms with Crippen molar-refractivity contribution in [3.8, 4) is 11.6 Å². The number of piperazine rings is 1. The minimum absolute atomic E-state index is 0.153. The lowest BCUT2D eigenvalue weighted by atomic mass is 9.94. The van der Waals surface area contributed by atoms with Gasteiger partial charge in [-0.3, -0.25) is 9.59 Å². The summed E-state index contributed by atoms with van der Waals surface area (Å²) < 4.78 is 8.26. The van der Waals surface area contributed by atoms with Crippen LogP contribution in [-0.4, -0.2) is 114 Å². The van der Waals surface area contributed by atoms with Gasteiger partial charge in [0.1, 0.15) is 12.1 Å². The van der Waals surface area contributed by atoms with Gasteiger partial charge in [0.2, 0.25) is 11.8 Å². The molecule has 2 atom stereocenters. The number of benzene rings is 1. The number of anilines is 2. The number of unbranched alkanes of at least 4 members (excludes halogenated alkanes) is 1. The Morgan fingerprint density at radius 1 is 1.08 bits per heavy atom. The van der Waals surface area contributed by atoms with Gasteiger partial charge in [0.25, 0.3) is 6.47 Å². The molecule has 1 amide bonds. The van der Waals surface area contributed by atoms with Crippen LogP contribution in [0.2, 0.25) is 0 Å². The number of carbonyl (C=O) groups excluding carboxylic acids is 2. The van der Waals surface area contributed by atoms with Crippen molar-refractivity contribution < 1.29 is 24.2 Å². The number of carbonyl (C=O) groups is 3. The first kappa shape index (κ1) is 40.3. The molecule has 0 spiro atoms. The van der Waals surface area contributed by atoms with Gasteiger partial charge in [-0.2, -0.15) is 10.1 Å². The van der Waals surface area contributed by atoms with E-state index in [1.807, 2.05) is 17.9 Å². The minimum Gasteiger partial charge on any atom is -0.483 e. The van der Waals surface area contributed by atoms with Crippen LogP contribution in [0, 0.1) is 19.8 Å². The molecule has 13 nitrogen and oxygen atoms in total. The standard InChI is InChI=1S/C37H51N7O3.CH5N.CH2O2/c1-4-30(25-41-14-12-29(24-41)26-47-35-11-10-31-8-7-13-38-37(31)39-35)32-21-33(23-34(22-32)44-28(3)20-27(2)40-44)42-15-17-43(18-16-42)36(46)9-5-6-19-45;1-2;2-1-3/h10-11,19-23,29-30H,4-9,12-18,24-26H2,1-3H3,(H,38,39);2H2,1H3;1H,(H,2,3). The van der Waals surface area contributed by atoms with E-state index in [9.17, 15) is 9.59 Å². The highest BCUT2D eigenvalue weighted by atomic mass is 16.5. The van der Waals surface area contributed by atoms with Crippen molar-refractivity contribution in [1.82, 2.24) is 24.6 Å². The summed E-state index contributed by atoms with van der Waals surface area (Å²) in [5.41, 5.74) is 11.5. The lowest BCUT2D eigenvalue weighted by molar-refractivity contribution is -0.131. The van der Waals surface area contributed by atoms with E-state index in [2.05, 4.69) is 69.7 Å². The summed E-state index contributed by atoms with van der Waals surface area (Å²) in [4.78, 5) is 43.4. The van der Waals surface area contributed by atoms with Gasteiger partial charge < -0.3 is 40.4 Å². The van der Waals surface area contributed by atoms with Gasteiger partial charge in [-0.25, -0.2) is 4.68 Å². The molecule has 2 unspecified atom stereocenters. The fourth-order valence-electron chi connectivity index (χ4n) is 7.35. The molecule has 2 aromatic heterocycles. The van der Waals surface area contributed by atoms with Crippen LogP contribution in [0.5, 0.6) is 5.88 Å². The summed E-state index contributed by atoms with van der Waals surface area (Å²) >= 11 is 0. The summed E-state index contributed by atoms with van der Waals surface area (Å²) in [7, 11) is 1.50. The number of ether oxygens (including phenoxy) is 1. The molecule has 2 saturated heterocycles. The smallest absolute Gasteiger partial charge is 0.290 e. The van der Waals surface area contributed by atoms with Gasteiger partial charge in [0, 0.05) is 82.0 Å². The van der Waals surface area contributed by atoms with Crippen LogP contribution >= 0.6 is 0 Å². The first-order valence-corrected chi connectivity index (χ1v) is 18.7. The van der Waals surface area contributed by atoms with E-state index in [0.717, 1.165) is 100 Å². The van der Waals surface area contributed by atoms with Crippen LogP contribution in [-0.2, 0) is 20.8 Å². The van der Waals surface area contributed by atoms with E-state index >= 15 is 0 Å². The zero-order chi connectivity index (χ0) is 37.5. The van der Waals surface area contributed by atoms with Crippen LogP contribution < -0.4 is 20.7 Å². The predicted octanol–water partition coefficient (Wildman–Crippen LogP) is 4.43. The summed E-state index contributed by atoms with van der Waals surface area (Å²) in [5.74, 6) is 2.74. The number of fused-ring (bicyclic) bond motifs is 1. The zero-order valence-corrected chi connectivity index (χ0v) is 31.4. The number of hydrogen-bond acceptors (Lipinski definition) is 10. The number of carboxylic acid groups (broad SMARTS) is 1. The number of aldehydes is 1. The number of hydrogen-bond donors (Lipinski definition) is 3. The predicted molar refractivity (Wildman–Crippen MR) is 205 cm³/mol. The third-order valence-electron chi connectivity index (χ3n) is 10.0. The second kappa shape index (κ2) is 20.5. The van der Waals surface area contributed by atoms with Crippen molar-refractivity contribution in [2.75, 3.05) is 76.2 Å². The number of pyridine rings is 1. The average molecular weight is 719 g/mol. The van der Waals surface area contributed by atoms with E-state index in [1.165, 1.54) is 23.9 Å². The van der Waals surface area contributed by atoms with Crippen molar-refractivity contribution in [2.45, 2.75) is 71.6 Å². The molecule has 4 N–H and O–H groups in total. The van der Waals surface area contributed by atoms with E-state index in [1.54, 1.807) is 0 Å². The van der Waals surface area contributed by atoms with Crippen LogP contribution in [0.3, 0.4) is 0 Å². The third-order valence-corrected chi connectivity index (χ3v) is 10.0. The fraction of sp³-hybridized carbons (Fsp3) is 0.564. The molecule has 6 rings (SSSR count). The van der Waals surface area contributed by atoms with E-state index < -0.39 is 0 Å². The minimum atomic E-state index is -0.250. The Labute approximate surface area is 308 Å². The molecule has 0 bridgehead atoms. The van der Waals surface area contributed by atoms with E-state index in [4.69, 9.17) is 24.7 Å². The molecular weight excluding hydrogens is 660 g/mol. The fourth-order valence-corrected chi connectivity index (χ4v) is 7.35. The Bertz CT molecular complexity index is 1590. The van der Waals surface area contributed by atoms with E-state index in [0.29, 0.717) is 50.8 Å². The number of aryl methyl sites for hydroxylation is 3. The molecule has 1 aromatic carbocycles. The monoisotopic (exact) mass is 718 g/mol. The summed E-state index contributed by atoms with van der Waals surface area (Å²) in [6, 6.07) is 13.3. The SMILES string of the molecule is CCC(CN1CCC(COc2ccc3c(n2)NCCC3)C1)c1cc(N2CCN(C(=O)CCCC=O)CC2)cc(-n2nc(C)cc2C)c1.CN.O=CO. The Hall–Kier alpha value is -4.49. The Balaban J connectivity index is 0.00000115. The van der Waals surface area contributed by atoms with Crippen molar-refractivity contribution >= 4 is 30.2 Å². The Morgan fingerprint density at radius 2 is 1.83 bits per heavy atom. The maximum atomic E-state index is 12.7. The van der Waals surface area contributed by atoms with Gasteiger partial charge in [-0.15, -0.1) is 0 Å². The normalized spacial score (nSPS) is 17.4. The van der Waals surface area contributed by atoms with Crippen molar-refractivity contribution in [3.05, 3.63) is 58.9 Å². The van der Waals surface area contributed by atoms with Crippen molar-refractivity contribution in [2.24, 2.45) is 11.7 Å². The number of likely N-dealkylation sites (tertiary alicyclic amines) is 1. The molecule has 2 fully saturated rings. The molecule has 284 valence electrons. The maximum Gasteiger partial charge on any atom is 0.290 e. The molecule has 0 aliphatic carbocycles. The van der Waals surface area contributed by atoms with Crippen LogP contribution in [0.4, 0.5) is 11.5 Å². The highest BCUT2D eigenvalue weighted by Gasteiger charge is 2.27. The van der Waals surface area contributed by atoms with Crippen LogP contribution in [0.1, 0.15) is 73.9 Å². The molecule has 3 aliphatic heterocycles. The number of aromatic nitrogens is 3. The lowest BCUT2D eigenvalue weighted by Gasteiger charge is -2.37. The molecule has 5 heterocycles. The number of rotatable bonds is 13. The number of nitrogens with one attached hydrogen (secondary N) is 1. The molecule has 3 aliphatic rings. The summed E-state index contributed by atoms with van der Waals surface area (Å²) in [5, 5.41) is 15.1. The van der Waals surface area contributed by atoms with Gasteiger partial charge in [0.15, 0.2) is 0 Å². The molecule has 13 heteroatoms. The first-order chi connectivity index (χ1) is 25.3. The summed E-state index contributed by atoms with van der Waals surface area (Å²) in [6.45, 7) is 14.0. The molecular formula is C39H58N8O5. The average Bonchev–Trinajstić information content (AvgIpc) is 3.78. The van der Waals surface area contributed by atoms with Gasteiger partial charge in [0.05, 0.1) is 18.0 Å². The second-order valence-electron chi connectivity index (χ2n) is 13.7. The van der Waals surface area contributed by atoms with E-state index in [-0.39, 0.29) is 12.4 Å². The summed E-state index contributed by atoms with van der Waals surface area (Å²) in [6.07, 6.45) is 6.84. The highest BCUT2D eigenvalue weighted by molar-refractivity contribution is 5.76. The molecule has 0 saturated carbocycles.